The summed E-state index contributed by atoms with van der Waals surface area (Å²) in [6.07, 6.45) is -8.61. The van der Waals surface area contributed by atoms with Crippen molar-refractivity contribution in [1.82, 2.24) is 4.98 Å². The van der Waals surface area contributed by atoms with Gasteiger partial charge in [0.1, 0.15) is 0 Å². The van der Waals surface area contributed by atoms with Crippen molar-refractivity contribution in [1.29, 1.82) is 0 Å². The van der Waals surface area contributed by atoms with Crippen LogP contribution in [0.4, 0.5) is 26.3 Å². The molecule has 3 aromatic rings. The summed E-state index contributed by atoms with van der Waals surface area (Å²) in [4.78, 5) is 2.80. The molecule has 0 saturated carbocycles. The first-order valence-electron chi connectivity index (χ1n) is 9.52. The summed E-state index contributed by atoms with van der Waals surface area (Å²) < 4.78 is 91.9. The third-order valence-corrected chi connectivity index (χ3v) is 5.18. The maximum Gasteiger partial charge on any atom is 0.417 e. The zero-order chi connectivity index (χ0) is 22.4. The number of aromatic nitrogens is 1. The van der Waals surface area contributed by atoms with Crippen LogP contribution in [-0.4, -0.2) is 18.3 Å². The molecule has 2 aromatic carbocycles. The van der Waals surface area contributed by atoms with E-state index in [4.69, 9.17) is 15.2 Å². The molecule has 0 spiro atoms. The van der Waals surface area contributed by atoms with Gasteiger partial charge in [0.2, 0.25) is 6.79 Å². The van der Waals surface area contributed by atoms with Gasteiger partial charge in [-0.1, -0.05) is 0 Å². The highest BCUT2D eigenvalue weighted by atomic mass is 19.4. The number of H-pyrrole nitrogens is 1. The standard InChI is InChI=1S/C21H18F6N2O2/c22-20(23,24)12-8-14(21(25,26)27)18-13(3-1-2-6-28)19(29-15(18)9-12)11-4-5-16-17(7-11)31-10-30-16/h4-5,7-9,29H,1-3,6,10,28H2. The van der Waals surface area contributed by atoms with Crippen molar-refractivity contribution in [2.45, 2.75) is 31.6 Å². The van der Waals surface area contributed by atoms with Gasteiger partial charge in [-0.3, -0.25) is 0 Å². The summed E-state index contributed by atoms with van der Waals surface area (Å²) in [5.74, 6) is 0.899. The second-order valence-electron chi connectivity index (χ2n) is 7.23. The number of benzene rings is 2. The van der Waals surface area contributed by atoms with Crippen molar-refractivity contribution < 1.29 is 35.8 Å². The largest absolute Gasteiger partial charge is 0.454 e. The van der Waals surface area contributed by atoms with E-state index in [1.165, 1.54) is 0 Å². The summed E-state index contributed by atoms with van der Waals surface area (Å²) >= 11 is 0. The summed E-state index contributed by atoms with van der Waals surface area (Å²) in [5.41, 5.74) is 3.71. The Hall–Kier alpha value is -2.88. The molecule has 1 aliphatic heterocycles. The lowest BCUT2D eigenvalue weighted by Gasteiger charge is -2.14. The highest BCUT2D eigenvalue weighted by Crippen LogP contribution is 2.45. The Bertz CT molecular complexity index is 1120. The van der Waals surface area contributed by atoms with Crippen molar-refractivity contribution in [2.75, 3.05) is 13.3 Å². The van der Waals surface area contributed by atoms with Crippen molar-refractivity contribution in [3.8, 4) is 22.8 Å². The Labute approximate surface area is 172 Å². The lowest BCUT2D eigenvalue weighted by molar-refractivity contribution is -0.142. The van der Waals surface area contributed by atoms with E-state index < -0.39 is 23.5 Å². The zero-order valence-electron chi connectivity index (χ0n) is 16.1. The Morgan fingerprint density at radius 3 is 2.32 bits per heavy atom. The Kier molecular flexibility index (Phi) is 5.28. The van der Waals surface area contributed by atoms with Gasteiger partial charge in [-0.25, -0.2) is 0 Å². The highest BCUT2D eigenvalue weighted by Gasteiger charge is 2.39. The molecule has 0 unspecified atom stereocenters. The molecule has 0 atom stereocenters. The molecule has 0 amide bonds. The lowest BCUT2D eigenvalue weighted by Crippen LogP contribution is -2.11. The van der Waals surface area contributed by atoms with Crippen LogP contribution < -0.4 is 15.2 Å². The molecule has 166 valence electrons. The predicted molar refractivity (Wildman–Crippen MR) is 102 cm³/mol. The van der Waals surface area contributed by atoms with Gasteiger partial charge in [0.15, 0.2) is 11.5 Å². The molecule has 3 N–H and O–H groups in total. The Morgan fingerprint density at radius 1 is 0.903 bits per heavy atom. The number of aryl methyl sites for hydroxylation is 1. The van der Waals surface area contributed by atoms with Gasteiger partial charge >= 0.3 is 12.4 Å². The van der Waals surface area contributed by atoms with E-state index in [1.807, 2.05) is 0 Å². The predicted octanol–water partition coefficient (Wildman–Crippen LogP) is 5.88. The molecule has 0 fully saturated rings. The van der Waals surface area contributed by atoms with E-state index in [2.05, 4.69) is 4.98 Å². The quantitative estimate of drug-likeness (QED) is 0.382. The number of hydrogen-bond acceptors (Lipinski definition) is 3. The van der Waals surface area contributed by atoms with E-state index in [9.17, 15) is 26.3 Å². The highest BCUT2D eigenvalue weighted by molar-refractivity contribution is 5.94. The first kappa shape index (κ1) is 21.4. The molecule has 0 radical (unpaired) electrons. The van der Waals surface area contributed by atoms with Gasteiger partial charge < -0.3 is 20.2 Å². The minimum atomic E-state index is -4.96. The van der Waals surface area contributed by atoms with Crippen molar-refractivity contribution >= 4 is 10.9 Å². The van der Waals surface area contributed by atoms with Gasteiger partial charge in [-0.2, -0.15) is 26.3 Å². The maximum absolute atomic E-state index is 13.8. The number of rotatable bonds is 5. The molecular weight excluding hydrogens is 426 g/mol. The summed E-state index contributed by atoms with van der Waals surface area (Å²) in [7, 11) is 0. The first-order valence-corrected chi connectivity index (χ1v) is 9.52. The van der Waals surface area contributed by atoms with Gasteiger partial charge in [0, 0.05) is 22.2 Å². The second kappa shape index (κ2) is 7.67. The van der Waals surface area contributed by atoms with Gasteiger partial charge in [0.05, 0.1) is 11.1 Å². The fourth-order valence-corrected chi connectivity index (χ4v) is 3.78. The van der Waals surface area contributed by atoms with E-state index >= 15 is 0 Å². The summed E-state index contributed by atoms with van der Waals surface area (Å²) in [5, 5.41) is -0.259. The van der Waals surface area contributed by atoms with Crippen LogP contribution in [0, 0.1) is 0 Å². The molecule has 2 heterocycles. The third-order valence-electron chi connectivity index (χ3n) is 5.18. The number of halogens is 6. The molecule has 10 heteroatoms. The number of aromatic amines is 1. The molecular formula is C21H18F6N2O2. The Morgan fingerprint density at radius 2 is 1.65 bits per heavy atom. The molecule has 1 aliphatic rings. The van der Waals surface area contributed by atoms with E-state index in [0.29, 0.717) is 53.8 Å². The average molecular weight is 444 g/mol. The molecule has 31 heavy (non-hydrogen) atoms. The number of nitrogens with two attached hydrogens (primary N) is 1. The van der Waals surface area contributed by atoms with Crippen LogP contribution in [0.1, 0.15) is 29.5 Å². The molecule has 4 nitrogen and oxygen atoms in total. The number of alkyl halides is 6. The van der Waals surface area contributed by atoms with E-state index in [-0.39, 0.29) is 30.2 Å². The molecule has 0 saturated heterocycles. The van der Waals surface area contributed by atoms with Crippen molar-refractivity contribution in [3.05, 3.63) is 47.0 Å². The smallest absolute Gasteiger partial charge is 0.417 e. The lowest BCUT2D eigenvalue weighted by atomic mass is 9.95. The van der Waals surface area contributed by atoms with Gasteiger partial charge in [-0.15, -0.1) is 0 Å². The van der Waals surface area contributed by atoms with Crippen LogP contribution in [-0.2, 0) is 18.8 Å². The van der Waals surface area contributed by atoms with Crippen LogP contribution in [0.25, 0.3) is 22.2 Å². The van der Waals surface area contributed by atoms with Crippen LogP contribution in [0.2, 0.25) is 0 Å². The SMILES string of the molecule is NCCCCc1c(-c2ccc3c(c2)OCO3)[nH]c2cc(C(F)(F)F)cc(C(F)(F)F)c12. The zero-order valence-corrected chi connectivity index (χ0v) is 16.1. The topological polar surface area (TPSA) is 60.3 Å². The fourth-order valence-electron chi connectivity index (χ4n) is 3.78. The van der Waals surface area contributed by atoms with Crippen LogP contribution in [0.15, 0.2) is 30.3 Å². The normalized spacial score (nSPS) is 13.9. The first-order chi connectivity index (χ1) is 14.6. The number of ether oxygens (including phenoxy) is 2. The molecule has 0 bridgehead atoms. The van der Waals surface area contributed by atoms with Crippen molar-refractivity contribution in [2.24, 2.45) is 5.73 Å². The number of fused-ring (bicyclic) bond motifs is 2. The van der Waals surface area contributed by atoms with E-state index in [0.717, 1.165) is 0 Å². The van der Waals surface area contributed by atoms with Crippen molar-refractivity contribution in [3.63, 3.8) is 0 Å². The molecule has 0 aliphatic carbocycles. The summed E-state index contributed by atoms with van der Waals surface area (Å²) in [6, 6.07) is 5.72. The Balaban J connectivity index is 1.98. The number of unbranched alkanes of at least 4 members (excludes halogenated alkanes) is 1. The van der Waals surface area contributed by atoms with Crippen LogP contribution in [0.5, 0.6) is 11.5 Å². The monoisotopic (exact) mass is 444 g/mol. The average Bonchev–Trinajstić information content (AvgIpc) is 3.29. The third kappa shape index (κ3) is 4.04. The van der Waals surface area contributed by atoms with E-state index in [1.54, 1.807) is 18.2 Å². The number of nitrogens with one attached hydrogen (secondary N) is 1. The van der Waals surface area contributed by atoms with Crippen LogP contribution >= 0.6 is 0 Å². The summed E-state index contributed by atoms with van der Waals surface area (Å²) in [6.45, 7) is 0.369. The maximum atomic E-state index is 13.8. The fraction of sp³-hybridized carbons (Fsp3) is 0.333. The number of hydrogen-bond donors (Lipinski definition) is 2. The van der Waals surface area contributed by atoms with Gasteiger partial charge in [0.25, 0.3) is 0 Å². The minimum absolute atomic E-state index is 0.0159. The molecule has 4 rings (SSSR count). The second-order valence-corrected chi connectivity index (χ2v) is 7.23. The minimum Gasteiger partial charge on any atom is -0.454 e. The van der Waals surface area contributed by atoms with Gasteiger partial charge in [-0.05, 0) is 61.7 Å². The van der Waals surface area contributed by atoms with Crippen LogP contribution in [0.3, 0.4) is 0 Å². The molecule has 1 aromatic heterocycles.